The lowest BCUT2D eigenvalue weighted by atomic mass is 10.0. The van der Waals surface area contributed by atoms with Crippen molar-refractivity contribution in [2.75, 3.05) is 31.7 Å². The van der Waals surface area contributed by atoms with E-state index in [0.29, 0.717) is 11.7 Å². The van der Waals surface area contributed by atoms with Crippen molar-refractivity contribution in [3.05, 3.63) is 22.8 Å². The molecule has 2 rings (SSSR count). The summed E-state index contributed by atoms with van der Waals surface area (Å²) in [5.74, 6) is -0.0295. The van der Waals surface area contributed by atoms with Crippen LogP contribution in [0.2, 0.25) is 5.02 Å². The highest BCUT2D eigenvalue weighted by atomic mass is 35.5. The molecule has 6 heteroatoms. The maximum atomic E-state index is 11.0. The van der Waals surface area contributed by atoms with Crippen LogP contribution in [-0.2, 0) is 4.74 Å². The Morgan fingerprint density at radius 3 is 3.05 bits per heavy atom. The van der Waals surface area contributed by atoms with E-state index in [-0.39, 0.29) is 10.7 Å². The van der Waals surface area contributed by atoms with E-state index in [2.05, 4.69) is 4.98 Å². The number of pyridine rings is 1. The minimum atomic E-state index is -1.11. The SMILES string of the molecule is CN(CC1CCCOC1)c1ccc(Cl)c(C(=O)O)n1. The van der Waals surface area contributed by atoms with Gasteiger partial charge in [-0.3, -0.25) is 0 Å². The van der Waals surface area contributed by atoms with Gasteiger partial charge in [0.2, 0.25) is 0 Å². The van der Waals surface area contributed by atoms with Gasteiger partial charge in [-0.25, -0.2) is 9.78 Å². The Morgan fingerprint density at radius 2 is 2.42 bits per heavy atom. The van der Waals surface area contributed by atoms with Crippen LogP contribution in [0.5, 0.6) is 0 Å². The van der Waals surface area contributed by atoms with Gasteiger partial charge in [-0.1, -0.05) is 11.6 Å². The van der Waals surface area contributed by atoms with Gasteiger partial charge < -0.3 is 14.7 Å². The number of ether oxygens (including phenoxy) is 1. The molecule has 1 atom stereocenters. The van der Waals surface area contributed by atoms with Gasteiger partial charge in [-0.15, -0.1) is 0 Å². The van der Waals surface area contributed by atoms with Gasteiger partial charge in [-0.2, -0.15) is 0 Å². The Labute approximate surface area is 117 Å². The van der Waals surface area contributed by atoms with Gasteiger partial charge in [0.25, 0.3) is 0 Å². The number of carbonyl (C=O) groups is 1. The van der Waals surface area contributed by atoms with Gasteiger partial charge in [0.15, 0.2) is 5.69 Å². The summed E-state index contributed by atoms with van der Waals surface area (Å²) in [4.78, 5) is 17.0. The van der Waals surface area contributed by atoms with Gasteiger partial charge in [-0.05, 0) is 30.9 Å². The van der Waals surface area contributed by atoms with Crippen LogP contribution in [0, 0.1) is 5.92 Å². The average molecular weight is 285 g/mol. The molecule has 0 spiro atoms. The molecule has 0 aliphatic carbocycles. The van der Waals surface area contributed by atoms with E-state index in [1.807, 2.05) is 11.9 Å². The number of aromatic carboxylic acids is 1. The first-order valence-electron chi connectivity index (χ1n) is 6.26. The molecule has 2 heterocycles. The van der Waals surface area contributed by atoms with Crippen LogP contribution in [0.25, 0.3) is 0 Å². The van der Waals surface area contributed by atoms with E-state index in [1.54, 1.807) is 12.1 Å². The number of hydrogen-bond acceptors (Lipinski definition) is 4. The molecule has 1 N–H and O–H groups in total. The zero-order valence-corrected chi connectivity index (χ0v) is 11.6. The summed E-state index contributed by atoms with van der Waals surface area (Å²) in [5, 5.41) is 9.17. The molecule has 0 radical (unpaired) electrons. The topological polar surface area (TPSA) is 62.7 Å². The lowest BCUT2D eigenvalue weighted by molar-refractivity contribution is 0.0575. The van der Waals surface area contributed by atoms with Crippen molar-refractivity contribution < 1.29 is 14.6 Å². The fourth-order valence-corrected chi connectivity index (χ4v) is 2.41. The second-order valence-electron chi connectivity index (χ2n) is 4.77. The van der Waals surface area contributed by atoms with Crippen LogP contribution >= 0.6 is 11.6 Å². The van der Waals surface area contributed by atoms with Crippen LogP contribution < -0.4 is 4.90 Å². The molecule has 1 aromatic rings. The molecule has 0 amide bonds. The van der Waals surface area contributed by atoms with Crippen molar-refractivity contribution >= 4 is 23.4 Å². The Morgan fingerprint density at radius 1 is 1.63 bits per heavy atom. The molecule has 1 aliphatic heterocycles. The fraction of sp³-hybridized carbons (Fsp3) is 0.538. The van der Waals surface area contributed by atoms with Crippen LogP contribution in [0.3, 0.4) is 0 Å². The number of aromatic nitrogens is 1. The van der Waals surface area contributed by atoms with Crippen molar-refractivity contribution in [3.8, 4) is 0 Å². The van der Waals surface area contributed by atoms with E-state index < -0.39 is 5.97 Å². The van der Waals surface area contributed by atoms with E-state index in [4.69, 9.17) is 21.4 Å². The van der Waals surface area contributed by atoms with Crippen LogP contribution in [0.4, 0.5) is 5.82 Å². The molecule has 104 valence electrons. The second kappa shape index (κ2) is 6.21. The molecular weight excluding hydrogens is 268 g/mol. The number of carboxylic acids is 1. The molecule has 0 saturated carbocycles. The lowest BCUT2D eigenvalue weighted by Gasteiger charge is -2.27. The molecular formula is C13H17ClN2O3. The van der Waals surface area contributed by atoms with E-state index in [1.165, 1.54) is 0 Å². The average Bonchev–Trinajstić information content (AvgIpc) is 2.40. The molecule has 19 heavy (non-hydrogen) atoms. The summed E-state index contributed by atoms with van der Waals surface area (Å²) in [7, 11) is 1.90. The molecule has 0 aromatic carbocycles. The predicted molar refractivity (Wildman–Crippen MR) is 73.0 cm³/mol. The number of rotatable bonds is 4. The number of anilines is 1. The molecule has 0 bridgehead atoms. The summed E-state index contributed by atoms with van der Waals surface area (Å²) >= 11 is 5.81. The third kappa shape index (κ3) is 3.58. The summed E-state index contributed by atoms with van der Waals surface area (Å²) < 4.78 is 5.44. The van der Waals surface area contributed by atoms with E-state index >= 15 is 0 Å². The minimum Gasteiger partial charge on any atom is -0.476 e. The monoisotopic (exact) mass is 284 g/mol. The highest BCUT2D eigenvalue weighted by Crippen LogP contribution is 2.21. The van der Waals surface area contributed by atoms with Crippen LogP contribution in [0.15, 0.2) is 12.1 Å². The zero-order valence-electron chi connectivity index (χ0n) is 10.8. The van der Waals surface area contributed by atoms with Gasteiger partial charge in [0, 0.05) is 20.2 Å². The maximum absolute atomic E-state index is 11.0. The summed E-state index contributed by atoms with van der Waals surface area (Å²) in [5.41, 5.74) is -0.106. The van der Waals surface area contributed by atoms with Gasteiger partial charge in [0.1, 0.15) is 5.82 Å². The number of halogens is 1. The van der Waals surface area contributed by atoms with Crippen molar-refractivity contribution in [3.63, 3.8) is 0 Å². The third-order valence-electron chi connectivity index (χ3n) is 3.21. The zero-order chi connectivity index (χ0) is 13.8. The first kappa shape index (κ1) is 14.1. The predicted octanol–water partition coefficient (Wildman–Crippen LogP) is 2.30. The smallest absolute Gasteiger partial charge is 0.356 e. The van der Waals surface area contributed by atoms with Crippen LogP contribution in [-0.4, -0.2) is 42.9 Å². The van der Waals surface area contributed by atoms with Crippen molar-refractivity contribution in [2.24, 2.45) is 5.92 Å². The first-order valence-corrected chi connectivity index (χ1v) is 6.64. The second-order valence-corrected chi connectivity index (χ2v) is 5.18. The Hall–Kier alpha value is -1.33. The summed E-state index contributed by atoms with van der Waals surface area (Å²) in [6.07, 6.45) is 2.21. The molecule has 1 unspecified atom stereocenters. The van der Waals surface area contributed by atoms with Gasteiger partial charge >= 0.3 is 5.97 Å². The highest BCUT2D eigenvalue weighted by molar-refractivity contribution is 6.33. The lowest BCUT2D eigenvalue weighted by Crippen LogP contribution is -2.31. The third-order valence-corrected chi connectivity index (χ3v) is 3.52. The van der Waals surface area contributed by atoms with Gasteiger partial charge in [0.05, 0.1) is 11.6 Å². The Kier molecular flexibility index (Phi) is 4.61. The normalized spacial score (nSPS) is 19.2. The largest absolute Gasteiger partial charge is 0.476 e. The van der Waals surface area contributed by atoms with E-state index in [9.17, 15) is 4.79 Å². The summed E-state index contributed by atoms with van der Waals surface area (Å²) in [6.45, 7) is 2.39. The number of nitrogens with zero attached hydrogens (tertiary/aromatic N) is 2. The Balaban J connectivity index is 2.07. The van der Waals surface area contributed by atoms with Crippen molar-refractivity contribution in [1.82, 2.24) is 4.98 Å². The fourth-order valence-electron chi connectivity index (χ4n) is 2.23. The molecule has 1 aliphatic rings. The first-order chi connectivity index (χ1) is 9.08. The van der Waals surface area contributed by atoms with Crippen LogP contribution in [0.1, 0.15) is 23.3 Å². The highest BCUT2D eigenvalue weighted by Gasteiger charge is 2.18. The number of carboxylic acid groups (broad SMARTS) is 1. The quantitative estimate of drug-likeness (QED) is 0.919. The maximum Gasteiger partial charge on any atom is 0.356 e. The molecule has 5 nitrogen and oxygen atoms in total. The standard InChI is InChI=1S/C13H17ClN2O3/c1-16(7-9-3-2-6-19-8-9)11-5-4-10(14)12(15-11)13(17)18/h4-5,9H,2-3,6-8H2,1H3,(H,17,18). The molecule has 1 aromatic heterocycles. The molecule has 1 fully saturated rings. The Bertz CT molecular complexity index is 461. The minimum absolute atomic E-state index is 0.106. The van der Waals surface area contributed by atoms with Crippen molar-refractivity contribution in [1.29, 1.82) is 0 Å². The van der Waals surface area contributed by atoms with Crippen molar-refractivity contribution in [2.45, 2.75) is 12.8 Å². The number of hydrogen-bond donors (Lipinski definition) is 1. The van der Waals surface area contributed by atoms with E-state index in [0.717, 1.165) is 32.6 Å². The summed E-state index contributed by atoms with van der Waals surface area (Å²) in [6, 6.07) is 3.31. The molecule has 1 saturated heterocycles.